The molecule has 0 saturated carbocycles. The molecule has 0 unspecified atom stereocenters. The van der Waals surface area contributed by atoms with Crippen molar-refractivity contribution in [3.8, 4) is 0 Å². The number of piperidine rings is 1. The molecule has 0 atom stereocenters. The van der Waals surface area contributed by atoms with E-state index in [0.717, 1.165) is 44.1 Å². The Kier molecular flexibility index (Phi) is 5.61. The number of carbonyl (C=O) groups excluding carboxylic acids is 1. The molecule has 0 aromatic heterocycles. The summed E-state index contributed by atoms with van der Waals surface area (Å²) in [5, 5.41) is 3.23. The molecule has 3 nitrogen and oxygen atoms in total. The topological polar surface area (TPSA) is 38.3 Å². The second kappa shape index (κ2) is 7.45. The lowest BCUT2D eigenvalue weighted by molar-refractivity contribution is -0.120. The number of rotatable bonds is 6. The Morgan fingerprint density at radius 2 is 2.05 bits per heavy atom. The molecule has 1 heterocycles. The van der Waals surface area contributed by atoms with E-state index in [-0.39, 0.29) is 30.3 Å². The van der Waals surface area contributed by atoms with Crippen LogP contribution in [0.5, 0.6) is 0 Å². The zero-order valence-electron chi connectivity index (χ0n) is 11.3. The van der Waals surface area contributed by atoms with E-state index < -0.39 is 11.6 Å². The number of hydrogen-bond acceptors (Lipinski definition) is 3. The SMILES string of the molecule is O=C(CCOC1CCNCC1)Cc1cc(F)ccc1F. The minimum Gasteiger partial charge on any atom is -0.378 e. The number of Topliss-reactive ketones (excluding diaryl/α,β-unsaturated/α-hetero) is 1. The van der Waals surface area contributed by atoms with Crippen LogP contribution in [0.2, 0.25) is 0 Å². The molecule has 1 aromatic carbocycles. The summed E-state index contributed by atoms with van der Waals surface area (Å²) >= 11 is 0. The lowest BCUT2D eigenvalue weighted by atomic mass is 10.1. The Hall–Kier alpha value is -1.33. The highest BCUT2D eigenvalue weighted by Gasteiger charge is 2.14. The molecule has 2 rings (SSSR count). The lowest BCUT2D eigenvalue weighted by Gasteiger charge is -2.22. The predicted octanol–water partition coefficient (Wildman–Crippen LogP) is 2.24. The molecule has 1 fully saturated rings. The molecule has 0 aliphatic carbocycles. The van der Waals surface area contributed by atoms with Crippen LogP contribution >= 0.6 is 0 Å². The molecule has 1 N–H and O–H groups in total. The van der Waals surface area contributed by atoms with Gasteiger partial charge < -0.3 is 10.1 Å². The van der Waals surface area contributed by atoms with Crippen molar-refractivity contribution in [2.45, 2.75) is 31.8 Å². The van der Waals surface area contributed by atoms with Gasteiger partial charge in [0.1, 0.15) is 17.4 Å². The average molecular weight is 283 g/mol. The fourth-order valence-electron chi connectivity index (χ4n) is 2.28. The van der Waals surface area contributed by atoms with Crippen molar-refractivity contribution in [1.29, 1.82) is 0 Å². The predicted molar refractivity (Wildman–Crippen MR) is 71.5 cm³/mol. The van der Waals surface area contributed by atoms with Crippen molar-refractivity contribution in [3.63, 3.8) is 0 Å². The molecule has 0 bridgehead atoms. The van der Waals surface area contributed by atoms with Crippen LogP contribution in [0, 0.1) is 11.6 Å². The van der Waals surface area contributed by atoms with Crippen LogP contribution in [-0.4, -0.2) is 31.6 Å². The summed E-state index contributed by atoms with van der Waals surface area (Å²) in [4.78, 5) is 11.7. The third kappa shape index (κ3) is 4.65. The largest absolute Gasteiger partial charge is 0.378 e. The minimum atomic E-state index is -0.543. The summed E-state index contributed by atoms with van der Waals surface area (Å²) < 4.78 is 32.0. The maximum atomic E-state index is 13.4. The first-order chi connectivity index (χ1) is 9.65. The molecule has 20 heavy (non-hydrogen) atoms. The monoisotopic (exact) mass is 283 g/mol. The van der Waals surface area contributed by atoms with Crippen LogP contribution in [-0.2, 0) is 16.0 Å². The van der Waals surface area contributed by atoms with Gasteiger partial charge in [-0.15, -0.1) is 0 Å². The molecule has 1 saturated heterocycles. The molecule has 1 aromatic rings. The van der Waals surface area contributed by atoms with Crippen molar-refractivity contribution in [1.82, 2.24) is 5.32 Å². The fourth-order valence-corrected chi connectivity index (χ4v) is 2.28. The van der Waals surface area contributed by atoms with E-state index in [1.54, 1.807) is 0 Å². The first-order valence-corrected chi connectivity index (χ1v) is 6.93. The first kappa shape index (κ1) is 15.1. The summed E-state index contributed by atoms with van der Waals surface area (Å²) in [6.07, 6.45) is 2.26. The molecule has 1 aliphatic rings. The van der Waals surface area contributed by atoms with Gasteiger partial charge in [-0.25, -0.2) is 8.78 Å². The van der Waals surface area contributed by atoms with E-state index in [2.05, 4.69) is 5.32 Å². The zero-order chi connectivity index (χ0) is 14.4. The van der Waals surface area contributed by atoms with Crippen molar-refractivity contribution >= 4 is 5.78 Å². The highest BCUT2D eigenvalue weighted by molar-refractivity contribution is 5.80. The molecule has 110 valence electrons. The number of benzene rings is 1. The number of ether oxygens (including phenoxy) is 1. The van der Waals surface area contributed by atoms with Gasteiger partial charge in [0.05, 0.1) is 12.7 Å². The summed E-state index contributed by atoms with van der Waals surface area (Å²) in [6, 6.07) is 3.16. The van der Waals surface area contributed by atoms with E-state index in [9.17, 15) is 13.6 Å². The highest BCUT2D eigenvalue weighted by Crippen LogP contribution is 2.12. The highest BCUT2D eigenvalue weighted by atomic mass is 19.1. The smallest absolute Gasteiger partial charge is 0.139 e. The maximum Gasteiger partial charge on any atom is 0.139 e. The van der Waals surface area contributed by atoms with Crippen molar-refractivity contribution in [3.05, 3.63) is 35.4 Å². The first-order valence-electron chi connectivity index (χ1n) is 6.93. The average Bonchev–Trinajstić information content (AvgIpc) is 2.44. The number of halogens is 2. The van der Waals surface area contributed by atoms with E-state index in [4.69, 9.17) is 4.74 Å². The summed E-state index contributed by atoms with van der Waals surface area (Å²) in [7, 11) is 0. The van der Waals surface area contributed by atoms with Crippen molar-refractivity contribution in [2.24, 2.45) is 0 Å². The third-order valence-electron chi connectivity index (χ3n) is 3.42. The van der Waals surface area contributed by atoms with Gasteiger partial charge in [-0.1, -0.05) is 0 Å². The summed E-state index contributed by atoms with van der Waals surface area (Å²) in [5.74, 6) is -1.21. The number of ketones is 1. The standard InChI is InChI=1S/C15H19F2NO2/c16-12-1-2-15(17)11(9-12)10-13(19)5-8-20-14-3-6-18-7-4-14/h1-2,9,14,18H,3-8,10H2. The number of carbonyl (C=O) groups is 1. The fraction of sp³-hybridized carbons (Fsp3) is 0.533. The van der Waals surface area contributed by atoms with Crippen LogP contribution in [0.15, 0.2) is 18.2 Å². The van der Waals surface area contributed by atoms with E-state index >= 15 is 0 Å². The van der Waals surface area contributed by atoms with Gasteiger partial charge in [-0.3, -0.25) is 4.79 Å². The zero-order valence-corrected chi connectivity index (χ0v) is 11.3. The van der Waals surface area contributed by atoms with Gasteiger partial charge in [0, 0.05) is 12.8 Å². The summed E-state index contributed by atoms with van der Waals surface area (Å²) in [5.41, 5.74) is 0.108. The Morgan fingerprint density at radius 3 is 2.80 bits per heavy atom. The van der Waals surface area contributed by atoms with Crippen LogP contribution in [0.1, 0.15) is 24.8 Å². The number of nitrogens with one attached hydrogen (secondary N) is 1. The molecule has 0 spiro atoms. The quantitative estimate of drug-likeness (QED) is 0.870. The Balaban J connectivity index is 1.73. The Labute approximate surface area is 117 Å². The molecule has 0 amide bonds. The van der Waals surface area contributed by atoms with E-state index in [1.807, 2.05) is 0 Å². The van der Waals surface area contributed by atoms with Crippen LogP contribution in [0.25, 0.3) is 0 Å². The van der Waals surface area contributed by atoms with Crippen LogP contribution in [0.4, 0.5) is 8.78 Å². The maximum absolute atomic E-state index is 13.4. The molecule has 0 radical (unpaired) electrons. The Morgan fingerprint density at radius 1 is 1.30 bits per heavy atom. The van der Waals surface area contributed by atoms with Crippen molar-refractivity contribution in [2.75, 3.05) is 19.7 Å². The normalized spacial score (nSPS) is 16.3. The lowest BCUT2D eigenvalue weighted by Crippen LogP contribution is -2.32. The van der Waals surface area contributed by atoms with Gasteiger partial charge in [0.2, 0.25) is 0 Å². The van der Waals surface area contributed by atoms with Gasteiger partial charge in [-0.2, -0.15) is 0 Å². The molecular weight excluding hydrogens is 264 g/mol. The molecular formula is C15H19F2NO2. The Bertz CT molecular complexity index is 459. The summed E-state index contributed by atoms with van der Waals surface area (Å²) in [6.45, 7) is 2.22. The van der Waals surface area contributed by atoms with Gasteiger partial charge in [-0.05, 0) is 49.7 Å². The van der Waals surface area contributed by atoms with Gasteiger partial charge >= 0.3 is 0 Å². The van der Waals surface area contributed by atoms with E-state index in [0.29, 0.717) is 6.61 Å². The second-order valence-electron chi connectivity index (χ2n) is 5.02. The number of hydrogen-bond donors (Lipinski definition) is 1. The molecule has 1 aliphatic heterocycles. The van der Waals surface area contributed by atoms with Crippen LogP contribution < -0.4 is 5.32 Å². The van der Waals surface area contributed by atoms with Crippen molar-refractivity contribution < 1.29 is 18.3 Å². The van der Waals surface area contributed by atoms with Crippen LogP contribution in [0.3, 0.4) is 0 Å². The van der Waals surface area contributed by atoms with Gasteiger partial charge in [0.25, 0.3) is 0 Å². The molecule has 5 heteroatoms. The minimum absolute atomic E-state index is 0.0842. The van der Waals surface area contributed by atoms with Gasteiger partial charge in [0.15, 0.2) is 0 Å². The van der Waals surface area contributed by atoms with E-state index in [1.165, 1.54) is 0 Å². The second-order valence-corrected chi connectivity index (χ2v) is 5.02. The third-order valence-corrected chi connectivity index (χ3v) is 3.42.